The molecule has 6 nitrogen and oxygen atoms in total. The van der Waals surface area contributed by atoms with E-state index in [0.29, 0.717) is 5.92 Å². The highest BCUT2D eigenvalue weighted by Crippen LogP contribution is 2.60. The fourth-order valence-corrected chi connectivity index (χ4v) is 5.43. The Kier molecular flexibility index (Phi) is 3.87. The van der Waals surface area contributed by atoms with E-state index in [9.17, 15) is 9.59 Å². The highest BCUT2D eigenvalue weighted by atomic mass is 17.3. The van der Waals surface area contributed by atoms with Gasteiger partial charge in [-0.25, -0.2) is 9.78 Å². The molecular formula is C19H27NO5. The van der Waals surface area contributed by atoms with E-state index in [1.54, 1.807) is 11.1 Å². The van der Waals surface area contributed by atoms with Crippen molar-refractivity contribution in [3.8, 4) is 0 Å². The zero-order valence-corrected chi connectivity index (χ0v) is 15.4. The van der Waals surface area contributed by atoms with E-state index < -0.39 is 17.6 Å². The number of fused-ring (bicyclic) bond motifs is 2. The van der Waals surface area contributed by atoms with Crippen molar-refractivity contribution in [2.24, 2.45) is 23.7 Å². The summed E-state index contributed by atoms with van der Waals surface area (Å²) in [5.74, 6) is -0.356. The van der Waals surface area contributed by atoms with Gasteiger partial charge in [0.15, 0.2) is 17.6 Å². The van der Waals surface area contributed by atoms with Gasteiger partial charge in [-0.3, -0.25) is 14.5 Å². The van der Waals surface area contributed by atoms with Gasteiger partial charge in [-0.2, -0.15) is 0 Å². The van der Waals surface area contributed by atoms with Gasteiger partial charge < -0.3 is 4.74 Å². The van der Waals surface area contributed by atoms with Crippen LogP contribution in [0.1, 0.15) is 53.4 Å². The first-order valence-electron chi connectivity index (χ1n) is 9.34. The van der Waals surface area contributed by atoms with Gasteiger partial charge in [0.05, 0.1) is 0 Å². The molecule has 1 saturated carbocycles. The van der Waals surface area contributed by atoms with Crippen molar-refractivity contribution in [2.75, 3.05) is 0 Å². The first-order valence-corrected chi connectivity index (χ1v) is 9.34. The molecule has 5 rings (SSSR count). The van der Waals surface area contributed by atoms with Crippen LogP contribution in [0.15, 0.2) is 12.3 Å². The van der Waals surface area contributed by atoms with Crippen molar-refractivity contribution >= 4 is 11.7 Å². The quantitative estimate of drug-likeness (QED) is 0.566. The van der Waals surface area contributed by atoms with Gasteiger partial charge in [-0.05, 0) is 51.0 Å². The molecule has 25 heavy (non-hydrogen) atoms. The maximum Gasteiger partial charge on any atom is 0.231 e. The summed E-state index contributed by atoms with van der Waals surface area (Å²) >= 11 is 0. The monoisotopic (exact) mass is 349 g/mol. The van der Waals surface area contributed by atoms with Gasteiger partial charge in [-0.15, -0.1) is 0 Å². The molecule has 4 heterocycles. The van der Waals surface area contributed by atoms with E-state index in [4.69, 9.17) is 14.5 Å². The standard InChI is InChI=1S/C19H27NO5/c1-11-5-6-15-13(3)16(22)20(10-8-12(2)21)17-19(15)14(11)7-9-18(4,23-17)24-25-19/h8,10-11,13-15,17H,5-7,9H2,1-4H3/b10-8+/t11-,13-,14+,15+,17-,18+,19-/m1/s1. The van der Waals surface area contributed by atoms with Crippen LogP contribution in [0.2, 0.25) is 0 Å². The SMILES string of the molecule is CC(=O)/C=C/N1C(=O)[C@H](C)[C@@H]2CC[C@@H](C)[C@@H]3CC[C@]4(C)OO[C@]32[C@H]1O4. The number of carbonyl (C=O) groups excluding carboxylic acids is 2. The van der Waals surface area contributed by atoms with Crippen LogP contribution in [-0.4, -0.2) is 34.2 Å². The van der Waals surface area contributed by atoms with E-state index in [-0.39, 0.29) is 29.4 Å². The number of hydrogen-bond donors (Lipinski definition) is 0. The molecule has 0 aromatic carbocycles. The minimum Gasteiger partial charge on any atom is -0.320 e. The summed E-state index contributed by atoms with van der Waals surface area (Å²) in [7, 11) is 0. The number of likely N-dealkylation sites (tertiary alicyclic amines) is 1. The van der Waals surface area contributed by atoms with Gasteiger partial charge >= 0.3 is 0 Å². The Labute approximate surface area is 148 Å². The van der Waals surface area contributed by atoms with Gasteiger partial charge in [0.2, 0.25) is 11.7 Å². The van der Waals surface area contributed by atoms with Crippen LogP contribution in [0.3, 0.4) is 0 Å². The normalized spacial score (nSPS) is 49.2. The summed E-state index contributed by atoms with van der Waals surface area (Å²) < 4.78 is 6.34. The summed E-state index contributed by atoms with van der Waals surface area (Å²) in [4.78, 5) is 38.0. The van der Waals surface area contributed by atoms with E-state index >= 15 is 0 Å². The van der Waals surface area contributed by atoms with Gasteiger partial charge in [0, 0.05) is 24.5 Å². The molecule has 138 valence electrons. The third kappa shape index (κ3) is 2.34. The second-order valence-electron chi connectivity index (χ2n) is 8.39. The lowest BCUT2D eigenvalue weighted by molar-refractivity contribution is -0.546. The molecule has 1 aliphatic carbocycles. The summed E-state index contributed by atoms with van der Waals surface area (Å²) in [5.41, 5.74) is -0.665. The lowest BCUT2D eigenvalue weighted by atomic mass is 9.57. The van der Waals surface area contributed by atoms with E-state index in [1.807, 2.05) is 13.8 Å². The summed E-state index contributed by atoms with van der Waals surface area (Å²) in [5, 5.41) is 0. The molecule has 0 aromatic heterocycles. The average molecular weight is 349 g/mol. The van der Waals surface area contributed by atoms with Crippen molar-refractivity contribution in [3.63, 3.8) is 0 Å². The molecule has 0 aromatic rings. The van der Waals surface area contributed by atoms with Gasteiger partial charge in [0.25, 0.3) is 0 Å². The topological polar surface area (TPSA) is 65.1 Å². The molecule has 7 atom stereocenters. The summed E-state index contributed by atoms with van der Waals surface area (Å²) in [6.07, 6.45) is 6.15. The maximum atomic E-state index is 13.1. The van der Waals surface area contributed by atoms with Crippen LogP contribution in [0.5, 0.6) is 0 Å². The predicted molar refractivity (Wildman–Crippen MR) is 88.6 cm³/mol. The molecule has 0 N–H and O–H groups in total. The van der Waals surface area contributed by atoms with Gasteiger partial charge in [0.1, 0.15) is 0 Å². The Bertz CT molecular complexity index is 633. The third-order valence-electron chi connectivity index (χ3n) is 6.77. The minimum absolute atomic E-state index is 0.00817. The molecule has 5 aliphatic rings. The zero-order valence-electron chi connectivity index (χ0n) is 15.4. The second kappa shape index (κ2) is 5.63. The van der Waals surface area contributed by atoms with Crippen molar-refractivity contribution in [2.45, 2.75) is 71.0 Å². The molecule has 4 saturated heterocycles. The molecule has 1 spiro atoms. The highest BCUT2D eigenvalue weighted by molar-refractivity contribution is 5.88. The molecule has 1 amide bonds. The van der Waals surface area contributed by atoms with Crippen LogP contribution in [0.4, 0.5) is 0 Å². The number of ketones is 1. The minimum atomic E-state index is -0.860. The second-order valence-corrected chi connectivity index (χ2v) is 8.39. The average Bonchev–Trinajstić information content (AvgIpc) is 2.79. The number of rotatable bonds is 2. The van der Waals surface area contributed by atoms with E-state index in [1.165, 1.54) is 13.0 Å². The van der Waals surface area contributed by atoms with Gasteiger partial charge in [-0.1, -0.05) is 13.8 Å². The predicted octanol–water partition coefficient (Wildman–Crippen LogP) is 2.78. The van der Waals surface area contributed by atoms with Crippen molar-refractivity contribution in [1.82, 2.24) is 4.90 Å². The lowest BCUT2D eigenvalue weighted by Crippen LogP contribution is -2.74. The van der Waals surface area contributed by atoms with Crippen LogP contribution < -0.4 is 0 Å². The zero-order chi connectivity index (χ0) is 18.0. The van der Waals surface area contributed by atoms with E-state index in [2.05, 4.69) is 6.92 Å². The molecule has 0 radical (unpaired) electrons. The highest BCUT2D eigenvalue weighted by Gasteiger charge is 2.70. The van der Waals surface area contributed by atoms with Crippen LogP contribution in [0, 0.1) is 23.7 Å². The molecule has 6 heteroatoms. The van der Waals surface area contributed by atoms with Crippen molar-refractivity contribution < 1.29 is 24.1 Å². The number of amides is 1. The van der Waals surface area contributed by atoms with Crippen LogP contribution in [-0.2, 0) is 24.1 Å². The summed E-state index contributed by atoms with van der Waals surface area (Å²) in [6.45, 7) is 7.56. The van der Waals surface area contributed by atoms with Crippen molar-refractivity contribution in [1.29, 1.82) is 0 Å². The first kappa shape index (κ1) is 17.2. The Morgan fingerprint density at radius 3 is 2.68 bits per heavy atom. The Morgan fingerprint density at radius 1 is 1.20 bits per heavy atom. The van der Waals surface area contributed by atoms with Crippen LogP contribution in [0.25, 0.3) is 0 Å². The number of piperidine rings is 1. The van der Waals surface area contributed by atoms with Crippen molar-refractivity contribution in [3.05, 3.63) is 12.3 Å². The molecular weight excluding hydrogens is 322 g/mol. The number of ether oxygens (including phenoxy) is 1. The summed E-state index contributed by atoms with van der Waals surface area (Å²) in [6, 6.07) is 0. The third-order valence-corrected chi connectivity index (χ3v) is 6.77. The lowest BCUT2D eigenvalue weighted by Gasteiger charge is -2.61. The molecule has 4 aliphatic heterocycles. The number of carbonyl (C=O) groups is 2. The largest absolute Gasteiger partial charge is 0.320 e. The fraction of sp³-hybridized carbons (Fsp3) is 0.789. The number of nitrogens with zero attached hydrogens (tertiary/aromatic N) is 1. The fourth-order valence-electron chi connectivity index (χ4n) is 5.43. The van der Waals surface area contributed by atoms with E-state index in [0.717, 1.165) is 25.7 Å². The smallest absolute Gasteiger partial charge is 0.231 e. The number of allylic oxidation sites excluding steroid dienone is 1. The molecule has 2 bridgehead atoms. The molecule has 5 fully saturated rings. The Hall–Kier alpha value is -1.24. The first-order chi connectivity index (χ1) is 11.8. The maximum absolute atomic E-state index is 13.1. The Balaban J connectivity index is 1.85. The Morgan fingerprint density at radius 2 is 1.96 bits per heavy atom. The number of hydrogen-bond acceptors (Lipinski definition) is 5. The molecule has 0 unspecified atom stereocenters. The van der Waals surface area contributed by atoms with Crippen LogP contribution >= 0.6 is 0 Å².